The largest absolute Gasteiger partial charge is 0.463 e. The summed E-state index contributed by atoms with van der Waals surface area (Å²) in [7, 11) is 0. The molecule has 4 aliphatic carbocycles. The van der Waals surface area contributed by atoms with Crippen molar-refractivity contribution in [2.24, 2.45) is 40.4 Å². The van der Waals surface area contributed by atoms with E-state index in [2.05, 4.69) is 20.8 Å². The van der Waals surface area contributed by atoms with E-state index in [1.165, 1.54) is 6.92 Å². The fourth-order valence-corrected chi connectivity index (χ4v) is 7.87. The van der Waals surface area contributed by atoms with E-state index >= 15 is 0 Å². The van der Waals surface area contributed by atoms with Gasteiger partial charge in [0.2, 0.25) is 0 Å². The molecule has 4 rings (SSSR count). The van der Waals surface area contributed by atoms with Gasteiger partial charge in [-0.2, -0.15) is 0 Å². The number of fused-ring (bicyclic) bond motifs is 5. The summed E-state index contributed by atoms with van der Waals surface area (Å²) in [5.41, 5.74) is 0.207. The number of esters is 1. The van der Waals surface area contributed by atoms with E-state index in [-0.39, 0.29) is 35.1 Å². The summed E-state index contributed by atoms with van der Waals surface area (Å²) in [4.78, 5) is 11.4. The summed E-state index contributed by atoms with van der Waals surface area (Å²) in [6, 6.07) is 0. The van der Waals surface area contributed by atoms with Gasteiger partial charge in [0, 0.05) is 6.92 Å². The van der Waals surface area contributed by atoms with Gasteiger partial charge in [0.25, 0.3) is 0 Å². The zero-order valence-corrected chi connectivity index (χ0v) is 16.8. The van der Waals surface area contributed by atoms with Crippen molar-refractivity contribution in [2.45, 2.75) is 91.0 Å². The number of rotatable bonds is 1. The summed E-state index contributed by atoms with van der Waals surface area (Å²) in [5, 5.41) is 22.0. The van der Waals surface area contributed by atoms with Crippen LogP contribution in [0.4, 0.5) is 0 Å². The summed E-state index contributed by atoms with van der Waals surface area (Å²) < 4.78 is 5.52. The Hall–Kier alpha value is -0.610. The topological polar surface area (TPSA) is 66.8 Å². The Morgan fingerprint density at radius 3 is 2.38 bits per heavy atom. The van der Waals surface area contributed by atoms with Gasteiger partial charge in [-0.1, -0.05) is 20.8 Å². The predicted octanol–water partition coefficient (Wildman–Crippen LogP) is 3.54. The van der Waals surface area contributed by atoms with Gasteiger partial charge in [0.15, 0.2) is 0 Å². The number of hydrogen-bond donors (Lipinski definition) is 2. The van der Waals surface area contributed by atoms with Crippen molar-refractivity contribution >= 4 is 5.97 Å². The van der Waals surface area contributed by atoms with Crippen LogP contribution in [0, 0.1) is 40.4 Å². The first-order chi connectivity index (χ1) is 12.2. The minimum Gasteiger partial charge on any atom is -0.463 e. The minimum absolute atomic E-state index is 0.0245. The van der Waals surface area contributed by atoms with E-state index in [0.29, 0.717) is 29.6 Å². The quantitative estimate of drug-likeness (QED) is 0.699. The highest BCUT2D eigenvalue weighted by Crippen LogP contribution is 2.67. The molecular formula is C22H36O4. The zero-order valence-electron chi connectivity index (χ0n) is 16.8. The highest BCUT2D eigenvalue weighted by atomic mass is 16.5. The normalized spacial score (nSPS) is 56.2. The summed E-state index contributed by atoms with van der Waals surface area (Å²) in [6.45, 7) is 8.37. The van der Waals surface area contributed by atoms with Crippen molar-refractivity contribution in [3.05, 3.63) is 0 Å². The Morgan fingerprint density at radius 2 is 1.69 bits per heavy atom. The van der Waals surface area contributed by atoms with E-state index < -0.39 is 0 Å². The monoisotopic (exact) mass is 364 g/mol. The molecular weight excluding hydrogens is 328 g/mol. The van der Waals surface area contributed by atoms with Gasteiger partial charge in [-0.25, -0.2) is 0 Å². The lowest BCUT2D eigenvalue weighted by molar-refractivity contribution is -0.184. The predicted molar refractivity (Wildman–Crippen MR) is 99.2 cm³/mol. The zero-order chi connectivity index (χ0) is 18.9. The second-order valence-corrected chi connectivity index (χ2v) is 10.5. The van der Waals surface area contributed by atoms with Crippen molar-refractivity contribution in [3.63, 3.8) is 0 Å². The van der Waals surface area contributed by atoms with Crippen LogP contribution in [0.5, 0.6) is 0 Å². The second-order valence-electron chi connectivity index (χ2n) is 10.5. The van der Waals surface area contributed by atoms with Crippen molar-refractivity contribution in [1.82, 2.24) is 0 Å². The van der Waals surface area contributed by atoms with Crippen LogP contribution in [0.2, 0.25) is 0 Å². The van der Waals surface area contributed by atoms with Crippen molar-refractivity contribution in [2.75, 3.05) is 0 Å². The van der Waals surface area contributed by atoms with Gasteiger partial charge in [-0.05, 0) is 85.4 Å². The average molecular weight is 365 g/mol. The second kappa shape index (κ2) is 6.20. The maximum atomic E-state index is 11.4. The minimum atomic E-state index is -0.281. The number of carbonyl (C=O) groups is 1. The van der Waals surface area contributed by atoms with Crippen LogP contribution in [-0.4, -0.2) is 34.5 Å². The van der Waals surface area contributed by atoms with Crippen LogP contribution in [-0.2, 0) is 9.53 Å². The van der Waals surface area contributed by atoms with Crippen molar-refractivity contribution in [3.8, 4) is 0 Å². The maximum absolute atomic E-state index is 11.4. The summed E-state index contributed by atoms with van der Waals surface area (Å²) >= 11 is 0. The molecule has 0 aromatic carbocycles. The Kier molecular flexibility index (Phi) is 4.47. The molecule has 10 atom stereocenters. The summed E-state index contributed by atoms with van der Waals surface area (Å²) in [6.07, 6.45) is 6.52. The lowest BCUT2D eigenvalue weighted by atomic mass is 9.44. The van der Waals surface area contributed by atoms with Crippen LogP contribution >= 0.6 is 0 Å². The number of aliphatic hydroxyl groups is 2. The van der Waals surface area contributed by atoms with Gasteiger partial charge in [0.1, 0.15) is 6.10 Å². The fourth-order valence-electron chi connectivity index (χ4n) is 7.87. The van der Waals surface area contributed by atoms with Gasteiger partial charge < -0.3 is 14.9 Å². The Balaban J connectivity index is 1.59. The SMILES string of the molecule is CC(=O)O[C@H]1CC[C@]2(C)C3CC[C@@]4(C)C(C[C@H](C)[C@@H]4O)C3C(O)C[C@@H]2C1. The van der Waals surface area contributed by atoms with E-state index in [0.717, 1.165) is 44.9 Å². The molecule has 0 aliphatic heterocycles. The molecule has 4 nitrogen and oxygen atoms in total. The lowest BCUT2D eigenvalue weighted by Gasteiger charge is -2.62. The van der Waals surface area contributed by atoms with Gasteiger partial charge >= 0.3 is 5.97 Å². The Bertz CT molecular complexity index is 576. The molecule has 0 aromatic rings. The molecule has 0 radical (unpaired) electrons. The molecule has 4 aliphatic rings. The average Bonchev–Trinajstić information content (AvgIpc) is 2.79. The first-order valence-electron chi connectivity index (χ1n) is 10.7. The van der Waals surface area contributed by atoms with Crippen molar-refractivity contribution < 1.29 is 19.7 Å². The maximum Gasteiger partial charge on any atom is 0.302 e. The summed E-state index contributed by atoms with van der Waals surface area (Å²) in [5.74, 6) is 1.87. The van der Waals surface area contributed by atoms with Crippen LogP contribution < -0.4 is 0 Å². The molecule has 4 saturated carbocycles. The van der Waals surface area contributed by atoms with Gasteiger partial charge in [-0.15, -0.1) is 0 Å². The third kappa shape index (κ3) is 2.58. The molecule has 0 bridgehead atoms. The molecule has 4 heteroatoms. The van der Waals surface area contributed by atoms with Crippen molar-refractivity contribution in [1.29, 1.82) is 0 Å². The van der Waals surface area contributed by atoms with Crippen LogP contribution in [0.15, 0.2) is 0 Å². The number of ether oxygens (including phenoxy) is 1. The molecule has 0 aromatic heterocycles. The third-order valence-corrected chi connectivity index (χ3v) is 9.25. The van der Waals surface area contributed by atoms with Crippen LogP contribution in [0.1, 0.15) is 72.6 Å². The number of aliphatic hydroxyl groups excluding tert-OH is 2. The number of hydrogen-bond acceptors (Lipinski definition) is 4. The third-order valence-electron chi connectivity index (χ3n) is 9.25. The smallest absolute Gasteiger partial charge is 0.302 e. The molecule has 0 heterocycles. The van der Waals surface area contributed by atoms with Gasteiger partial charge in [0.05, 0.1) is 12.2 Å². The van der Waals surface area contributed by atoms with E-state index in [9.17, 15) is 15.0 Å². The molecule has 148 valence electrons. The highest BCUT2D eigenvalue weighted by molar-refractivity contribution is 5.66. The molecule has 0 saturated heterocycles. The van der Waals surface area contributed by atoms with E-state index in [4.69, 9.17) is 4.74 Å². The van der Waals surface area contributed by atoms with Gasteiger partial charge in [-0.3, -0.25) is 4.79 Å². The first kappa shape index (κ1) is 18.7. The molecule has 4 fully saturated rings. The Labute approximate surface area is 157 Å². The fraction of sp³-hybridized carbons (Fsp3) is 0.955. The Morgan fingerprint density at radius 1 is 1.00 bits per heavy atom. The lowest BCUT2D eigenvalue weighted by Crippen LogP contribution is -2.59. The van der Waals surface area contributed by atoms with Crippen LogP contribution in [0.25, 0.3) is 0 Å². The number of carbonyl (C=O) groups excluding carboxylic acids is 1. The highest BCUT2D eigenvalue weighted by Gasteiger charge is 2.63. The molecule has 0 amide bonds. The standard InChI is InChI=1S/C22H36O4/c1-12-9-17-19-16(6-8-22(17,4)20(12)25)21(3)7-5-15(26-13(2)23)10-14(21)11-18(19)24/h12,14-20,24-25H,5-11H2,1-4H3/t12-,14-,15-,16?,17?,18?,19?,20-,21-,22-/m0/s1. The van der Waals surface area contributed by atoms with E-state index in [1.807, 2.05) is 0 Å². The first-order valence-corrected chi connectivity index (χ1v) is 10.7. The molecule has 4 unspecified atom stereocenters. The molecule has 26 heavy (non-hydrogen) atoms. The molecule has 2 N–H and O–H groups in total. The molecule has 0 spiro atoms. The van der Waals surface area contributed by atoms with Crippen LogP contribution in [0.3, 0.4) is 0 Å². The van der Waals surface area contributed by atoms with E-state index in [1.54, 1.807) is 0 Å².